The molecule has 1 aromatic heterocycles. The summed E-state index contributed by atoms with van der Waals surface area (Å²) in [5.41, 5.74) is 1.27. The summed E-state index contributed by atoms with van der Waals surface area (Å²) in [5, 5.41) is 15.0. The summed E-state index contributed by atoms with van der Waals surface area (Å²) in [6.07, 6.45) is 1.13. The standard InChI is InChI=1S/C18H24N6O2S/c1-12(17(26)15-4-6-16(7-5-15)19-13(2)25)27-18-20-21-22-24(18)11-14-8-9-23(3)10-14/h4-7,12,14H,8-11H2,1-3H3,(H,19,25)/t12-,14+/m0/s1. The maximum Gasteiger partial charge on any atom is 0.221 e. The lowest BCUT2D eigenvalue weighted by molar-refractivity contribution is -0.114. The van der Waals surface area contributed by atoms with E-state index in [-0.39, 0.29) is 16.9 Å². The molecule has 0 saturated carbocycles. The first-order chi connectivity index (χ1) is 12.9. The second-order valence-electron chi connectivity index (χ2n) is 6.94. The van der Waals surface area contributed by atoms with Crippen molar-refractivity contribution in [2.24, 2.45) is 5.92 Å². The van der Waals surface area contributed by atoms with Crippen LogP contribution in [0, 0.1) is 5.92 Å². The number of ketones is 1. The maximum absolute atomic E-state index is 12.7. The molecular weight excluding hydrogens is 364 g/mol. The average molecular weight is 388 g/mol. The number of thioether (sulfide) groups is 1. The summed E-state index contributed by atoms with van der Waals surface area (Å²) < 4.78 is 1.80. The maximum atomic E-state index is 12.7. The molecule has 0 radical (unpaired) electrons. The van der Waals surface area contributed by atoms with Gasteiger partial charge in [0.2, 0.25) is 11.1 Å². The molecule has 1 aromatic carbocycles. The first-order valence-electron chi connectivity index (χ1n) is 8.95. The van der Waals surface area contributed by atoms with Crippen molar-refractivity contribution in [1.82, 2.24) is 25.1 Å². The molecule has 9 heteroatoms. The van der Waals surface area contributed by atoms with Crippen LogP contribution < -0.4 is 5.32 Å². The average Bonchev–Trinajstić information content (AvgIpc) is 3.24. The Bertz CT molecular complexity index is 806. The van der Waals surface area contributed by atoms with E-state index in [0.717, 1.165) is 26.1 Å². The molecule has 1 N–H and O–H groups in total. The minimum atomic E-state index is -0.312. The van der Waals surface area contributed by atoms with Crippen LogP contribution in [0.2, 0.25) is 0 Å². The zero-order valence-corrected chi connectivity index (χ0v) is 16.6. The quantitative estimate of drug-likeness (QED) is 0.572. The van der Waals surface area contributed by atoms with Gasteiger partial charge in [0.15, 0.2) is 5.78 Å². The lowest BCUT2D eigenvalue weighted by atomic mass is 10.1. The number of amides is 1. The molecule has 0 unspecified atom stereocenters. The molecule has 1 amide bonds. The normalized spacial score (nSPS) is 18.4. The molecule has 144 valence electrons. The van der Waals surface area contributed by atoms with Gasteiger partial charge in [0, 0.05) is 31.3 Å². The van der Waals surface area contributed by atoms with E-state index < -0.39 is 0 Å². The number of tetrazole rings is 1. The number of nitrogens with one attached hydrogen (secondary N) is 1. The molecule has 2 heterocycles. The molecule has 0 bridgehead atoms. The Morgan fingerprint density at radius 3 is 2.70 bits per heavy atom. The molecule has 0 spiro atoms. The number of carbonyl (C=O) groups excluding carboxylic acids is 2. The van der Waals surface area contributed by atoms with E-state index in [2.05, 4.69) is 32.8 Å². The van der Waals surface area contributed by atoms with Crippen LogP contribution in [0.25, 0.3) is 0 Å². The van der Waals surface area contributed by atoms with Crippen molar-refractivity contribution in [3.8, 4) is 0 Å². The SMILES string of the molecule is CC(=O)Nc1ccc(C(=O)[C@H](C)Sc2nnnn2C[C@@H]2CCN(C)C2)cc1. The number of Topliss-reactive ketones (excluding diaryl/α,β-unsaturated/α-hetero) is 1. The minimum absolute atomic E-state index is 0.00419. The van der Waals surface area contributed by atoms with Gasteiger partial charge in [-0.3, -0.25) is 9.59 Å². The van der Waals surface area contributed by atoms with Crippen molar-refractivity contribution in [3.05, 3.63) is 29.8 Å². The Labute approximate surface area is 162 Å². The summed E-state index contributed by atoms with van der Waals surface area (Å²) in [4.78, 5) is 26.1. The van der Waals surface area contributed by atoms with Gasteiger partial charge in [-0.1, -0.05) is 11.8 Å². The molecule has 1 saturated heterocycles. The summed E-state index contributed by atoms with van der Waals surface area (Å²) in [7, 11) is 2.12. The smallest absolute Gasteiger partial charge is 0.221 e. The number of rotatable bonds is 7. The van der Waals surface area contributed by atoms with Gasteiger partial charge in [0.05, 0.1) is 5.25 Å². The third-order valence-electron chi connectivity index (χ3n) is 4.56. The van der Waals surface area contributed by atoms with E-state index >= 15 is 0 Å². The van der Waals surface area contributed by atoms with Gasteiger partial charge >= 0.3 is 0 Å². The van der Waals surface area contributed by atoms with Gasteiger partial charge in [-0.25, -0.2) is 4.68 Å². The second-order valence-corrected chi connectivity index (χ2v) is 8.25. The predicted octanol–water partition coefficient (Wildman–Crippen LogP) is 1.95. The van der Waals surface area contributed by atoms with Crippen molar-refractivity contribution < 1.29 is 9.59 Å². The van der Waals surface area contributed by atoms with Crippen LogP contribution >= 0.6 is 11.8 Å². The van der Waals surface area contributed by atoms with Gasteiger partial charge in [0.25, 0.3) is 0 Å². The second kappa shape index (κ2) is 8.62. The Kier molecular flexibility index (Phi) is 6.22. The largest absolute Gasteiger partial charge is 0.326 e. The molecule has 8 nitrogen and oxygen atoms in total. The first kappa shape index (κ1) is 19.5. The summed E-state index contributed by atoms with van der Waals surface area (Å²) in [6.45, 7) is 6.21. The van der Waals surface area contributed by atoms with Gasteiger partial charge in [-0.2, -0.15) is 0 Å². The molecule has 27 heavy (non-hydrogen) atoms. The van der Waals surface area contributed by atoms with Gasteiger partial charge in [0.1, 0.15) is 0 Å². The highest BCUT2D eigenvalue weighted by atomic mass is 32.2. The Morgan fingerprint density at radius 1 is 1.33 bits per heavy atom. The summed E-state index contributed by atoms with van der Waals surface area (Å²) >= 11 is 1.37. The van der Waals surface area contributed by atoms with E-state index in [1.165, 1.54) is 18.7 Å². The molecule has 0 aliphatic carbocycles. The summed E-state index contributed by atoms with van der Waals surface area (Å²) in [6, 6.07) is 6.91. The molecule has 1 fully saturated rings. The van der Waals surface area contributed by atoms with Crippen molar-refractivity contribution in [2.45, 2.75) is 37.2 Å². The van der Waals surface area contributed by atoms with Crippen molar-refractivity contribution in [3.63, 3.8) is 0 Å². The van der Waals surface area contributed by atoms with E-state index in [4.69, 9.17) is 0 Å². The van der Waals surface area contributed by atoms with E-state index in [0.29, 0.717) is 22.3 Å². The molecule has 1 aliphatic rings. The van der Waals surface area contributed by atoms with Crippen LogP contribution in [0.3, 0.4) is 0 Å². The number of benzene rings is 1. The number of anilines is 1. The first-order valence-corrected chi connectivity index (χ1v) is 9.83. The fraction of sp³-hybridized carbons (Fsp3) is 0.500. The molecule has 2 atom stereocenters. The van der Waals surface area contributed by atoms with Crippen molar-refractivity contribution in [1.29, 1.82) is 0 Å². The van der Waals surface area contributed by atoms with Crippen molar-refractivity contribution in [2.75, 3.05) is 25.5 Å². The van der Waals surface area contributed by atoms with Crippen molar-refractivity contribution >= 4 is 29.1 Å². The van der Waals surface area contributed by atoms with Crippen LogP contribution in [0.15, 0.2) is 29.4 Å². The van der Waals surface area contributed by atoms with Gasteiger partial charge in [-0.15, -0.1) is 5.10 Å². The highest BCUT2D eigenvalue weighted by molar-refractivity contribution is 8.00. The van der Waals surface area contributed by atoms with Crippen LogP contribution in [0.4, 0.5) is 5.69 Å². The molecule has 2 aromatic rings. The van der Waals surface area contributed by atoms with Crippen LogP contribution in [-0.2, 0) is 11.3 Å². The third kappa shape index (κ3) is 5.14. The number of aromatic nitrogens is 4. The molecule has 1 aliphatic heterocycles. The Hall–Kier alpha value is -2.26. The molecular formula is C18H24N6O2S. The Balaban J connectivity index is 1.61. The van der Waals surface area contributed by atoms with E-state index in [1.807, 2.05) is 6.92 Å². The fourth-order valence-electron chi connectivity index (χ4n) is 3.18. The van der Waals surface area contributed by atoms with E-state index in [9.17, 15) is 9.59 Å². The van der Waals surface area contributed by atoms with Crippen LogP contribution in [0.5, 0.6) is 0 Å². The third-order valence-corrected chi connectivity index (χ3v) is 5.63. The summed E-state index contributed by atoms with van der Waals surface area (Å²) in [5.74, 6) is 0.396. The number of hydrogen-bond acceptors (Lipinski definition) is 7. The lowest BCUT2D eigenvalue weighted by Gasteiger charge is -2.13. The van der Waals surface area contributed by atoms with Gasteiger partial charge in [-0.05, 0) is 67.5 Å². The zero-order chi connectivity index (χ0) is 19.4. The highest BCUT2D eigenvalue weighted by Gasteiger charge is 2.24. The molecule has 3 rings (SSSR count). The number of likely N-dealkylation sites (tertiary alicyclic amines) is 1. The van der Waals surface area contributed by atoms with Gasteiger partial charge < -0.3 is 10.2 Å². The van der Waals surface area contributed by atoms with Crippen LogP contribution in [-0.4, -0.2) is 62.2 Å². The number of carbonyl (C=O) groups is 2. The predicted molar refractivity (Wildman–Crippen MR) is 104 cm³/mol. The lowest BCUT2D eigenvalue weighted by Crippen LogP contribution is -2.19. The topological polar surface area (TPSA) is 93.0 Å². The van der Waals surface area contributed by atoms with E-state index in [1.54, 1.807) is 28.9 Å². The number of nitrogens with zero attached hydrogens (tertiary/aromatic N) is 5. The van der Waals surface area contributed by atoms with Crippen LogP contribution in [0.1, 0.15) is 30.6 Å². The monoisotopic (exact) mass is 388 g/mol. The highest BCUT2D eigenvalue weighted by Crippen LogP contribution is 2.25. The Morgan fingerprint density at radius 2 is 2.07 bits per heavy atom. The fourth-order valence-corrected chi connectivity index (χ4v) is 4.06. The zero-order valence-electron chi connectivity index (χ0n) is 15.8. The minimum Gasteiger partial charge on any atom is -0.326 e. The number of hydrogen-bond donors (Lipinski definition) is 1.